The summed E-state index contributed by atoms with van der Waals surface area (Å²) in [5.41, 5.74) is 5.44. The minimum absolute atomic E-state index is 0.0183. The molecule has 1 aromatic rings. The molecule has 0 aliphatic carbocycles. The fourth-order valence-electron chi connectivity index (χ4n) is 1.82. The predicted octanol–water partition coefficient (Wildman–Crippen LogP) is -0.480. The number of amides is 1. The maximum absolute atomic E-state index is 11.5. The smallest absolute Gasteiger partial charge is 0.246 e. The van der Waals surface area contributed by atoms with Crippen molar-refractivity contribution in [2.45, 2.75) is 12.6 Å². The molecule has 6 heteroatoms. The summed E-state index contributed by atoms with van der Waals surface area (Å²) in [6.45, 7) is 4.45. The van der Waals surface area contributed by atoms with Crippen LogP contribution in [0, 0.1) is 0 Å². The fourth-order valence-corrected chi connectivity index (χ4v) is 1.82. The third-order valence-corrected chi connectivity index (χ3v) is 2.58. The van der Waals surface area contributed by atoms with E-state index >= 15 is 0 Å². The van der Waals surface area contributed by atoms with Gasteiger partial charge < -0.3 is 15.7 Å². The van der Waals surface area contributed by atoms with E-state index in [0.29, 0.717) is 13.1 Å². The Bertz CT molecular complexity index is 389. The lowest BCUT2D eigenvalue weighted by molar-refractivity contribution is -0.128. The highest BCUT2D eigenvalue weighted by Gasteiger charge is 2.26. The minimum Gasteiger partial charge on any atom is -0.394 e. The summed E-state index contributed by atoms with van der Waals surface area (Å²) in [5.74, 6) is -0.110. The molecule has 0 radical (unpaired) electrons. The maximum atomic E-state index is 11.5. The van der Waals surface area contributed by atoms with Crippen LogP contribution in [0.5, 0.6) is 0 Å². The fraction of sp³-hybridized carbons (Fsp3) is 0.455. The average molecular weight is 238 g/mol. The van der Waals surface area contributed by atoms with Crippen molar-refractivity contribution in [1.29, 1.82) is 0 Å². The van der Waals surface area contributed by atoms with Crippen LogP contribution in [0.3, 0.4) is 0 Å². The van der Waals surface area contributed by atoms with Gasteiger partial charge in [-0.1, -0.05) is 6.58 Å². The summed E-state index contributed by atoms with van der Waals surface area (Å²) in [5, 5.41) is 13.3. The Labute approximate surface area is 100 Å². The van der Waals surface area contributed by atoms with E-state index in [0.717, 1.165) is 5.69 Å². The van der Waals surface area contributed by atoms with E-state index in [-0.39, 0.29) is 18.6 Å². The Hall–Kier alpha value is -1.66. The Morgan fingerprint density at radius 2 is 2.47 bits per heavy atom. The van der Waals surface area contributed by atoms with E-state index < -0.39 is 0 Å². The monoisotopic (exact) mass is 238 g/mol. The Balaban J connectivity index is 0.000000686. The van der Waals surface area contributed by atoms with Crippen LogP contribution in [0.2, 0.25) is 0 Å². The Morgan fingerprint density at radius 3 is 3.06 bits per heavy atom. The largest absolute Gasteiger partial charge is 0.394 e. The number of aliphatic hydroxyl groups is 1. The van der Waals surface area contributed by atoms with Crippen LogP contribution >= 0.6 is 0 Å². The van der Waals surface area contributed by atoms with E-state index in [4.69, 9.17) is 0 Å². The van der Waals surface area contributed by atoms with Gasteiger partial charge in [-0.3, -0.25) is 9.48 Å². The van der Waals surface area contributed by atoms with E-state index in [1.54, 1.807) is 15.8 Å². The summed E-state index contributed by atoms with van der Waals surface area (Å²) in [4.78, 5) is 13.1. The molecule has 6 nitrogen and oxygen atoms in total. The van der Waals surface area contributed by atoms with Crippen molar-refractivity contribution < 1.29 is 9.90 Å². The highest BCUT2D eigenvalue weighted by molar-refractivity contribution is 5.87. The average Bonchev–Trinajstić information content (AvgIpc) is 2.87. The molecule has 17 heavy (non-hydrogen) atoms. The third-order valence-electron chi connectivity index (χ3n) is 2.58. The van der Waals surface area contributed by atoms with Gasteiger partial charge in [-0.15, -0.1) is 0 Å². The molecule has 0 saturated carbocycles. The standard InChI is InChI=1S/C10H13N3O2.CH5N/c1-2-10(15)12-5-8-3-4-11-13(8)9(6-12)7-14;1-2/h2-4,9,14H,1,5-7H2;2H2,1H3. The van der Waals surface area contributed by atoms with Crippen molar-refractivity contribution in [2.75, 3.05) is 20.2 Å². The zero-order valence-electron chi connectivity index (χ0n) is 9.91. The van der Waals surface area contributed by atoms with Crippen LogP contribution in [-0.2, 0) is 11.3 Å². The summed E-state index contributed by atoms with van der Waals surface area (Å²) < 4.78 is 1.77. The van der Waals surface area contributed by atoms with Crippen LogP contribution in [0.15, 0.2) is 24.9 Å². The SMILES string of the molecule is C=CC(=O)N1Cc2ccnn2C(CO)C1.CN. The molecule has 94 valence electrons. The molecule has 0 bridgehead atoms. The molecule has 0 aromatic carbocycles. The first-order valence-corrected chi connectivity index (χ1v) is 5.38. The van der Waals surface area contributed by atoms with Crippen LogP contribution in [0.25, 0.3) is 0 Å². The molecular formula is C11H18N4O2. The molecule has 2 rings (SSSR count). The number of fused-ring (bicyclic) bond motifs is 1. The lowest BCUT2D eigenvalue weighted by Gasteiger charge is -2.32. The molecular weight excluding hydrogens is 220 g/mol. The zero-order valence-corrected chi connectivity index (χ0v) is 9.91. The van der Waals surface area contributed by atoms with Gasteiger partial charge in [0.1, 0.15) is 0 Å². The lowest BCUT2D eigenvalue weighted by atomic mass is 10.2. The molecule has 1 amide bonds. The number of rotatable bonds is 2. The highest BCUT2D eigenvalue weighted by atomic mass is 16.3. The molecule has 0 spiro atoms. The lowest BCUT2D eigenvalue weighted by Crippen LogP contribution is -2.41. The van der Waals surface area contributed by atoms with Gasteiger partial charge in [-0.2, -0.15) is 5.10 Å². The van der Waals surface area contributed by atoms with Gasteiger partial charge in [0.25, 0.3) is 0 Å². The maximum Gasteiger partial charge on any atom is 0.246 e. The number of carbonyl (C=O) groups excluding carboxylic acids is 1. The Morgan fingerprint density at radius 1 is 1.76 bits per heavy atom. The number of aromatic nitrogens is 2. The molecule has 3 N–H and O–H groups in total. The van der Waals surface area contributed by atoms with E-state index in [1.807, 2.05) is 6.07 Å². The summed E-state index contributed by atoms with van der Waals surface area (Å²) in [6, 6.07) is 1.71. The molecule has 1 aromatic heterocycles. The molecule has 0 saturated heterocycles. The molecule has 0 fully saturated rings. The molecule has 1 atom stereocenters. The summed E-state index contributed by atoms with van der Waals surface area (Å²) in [7, 11) is 1.50. The minimum atomic E-state index is -0.146. The molecule has 1 unspecified atom stereocenters. The number of nitrogens with zero attached hydrogens (tertiary/aromatic N) is 3. The first kappa shape index (κ1) is 13.4. The van der Waals surface area contributed by atoms with Crippen molar-refractivity contribution in [3.63, 3.8) is 0 Å². The third kappa shape index (κ3) is 2.72. The van der Waals surface area contributed by atoms with E-state index in [2.05, 4.69) is 17.4 Å². The number of aliphatic hydroxyl groups excluding tert-OH is 1. The van der Waals surface area contributed by atoms with E-state index in [9.17, 15) is 9.90 Å². The van der Waals surface area contributed by atoms with Crippen molar-refractivity contribution in [2.24, 2.45) is 5.73 Å². The summed E-state index contributed by atoms with van der Waals surface area (Å²) in [6.07, 6.45) is 2.97. The highest BCUT2D eigenvalue weighted by Crippen LogP contribution is 2.19. The predicted molar refractivity (Wildman–Crippen MR) is 64.1 cm³/mol. The first-order valence-electron chi connectivity index (χ1n) is 5.38. The van der Waals surface area contributed by atoms with Crippen LogP contribution in [0.4, 0.5) is 0 Å². The normalized spacial score (nSPS) is 17.8. The number of hydrogen-bond donors (Lipinski definition) is 2. The second-order valence-corrected chi connectivity index (χ2v) is 3.53. The van der Waals surface area contributed by atoms with Crippen LogP contribution < -0.4 is 5.73 Å². The number of hydrogen-bond acceptors (Lipinski definition) is 4. The van der Waals surface area contributed by atoms with Crippen molar-refractivity contribution in [3.8, 4) is 0 Å². The first-order chi connectivity index (χ1) is 8.26. The van der Waals surface area contributed by atoms with Crippen molar-refractivity contribution in [1.82, 2.24) is 14.7 Å². The molecule has 2 heterocycles. The van der Waals surface area contributed by atoms with Crippen molar-refractivity contribution in [3.05, 3.63) is 30.6 Å². The van der Waals surface area contributed by atoms with Crippen LogP contribution in [-0.4, -0.2) is 45.9 Å². The number of carbonyl (C=O) groups is 1. The van der Waals surface area contributed by atoms with Gasteiger partial charge in [-0.25, -0.2) is 0 Å². The van der Waals surface area contributed by atoms with Gasteiger partial charge in [0.15, 0.2) is 0 Å². The second kappa shape index (κ2) is 6.17. The van der Waals surface area contributed by atoms with E-state index in [1.165, 1.54) is 13.1 Å². The van der Waals surface area contributed by atoms with Crippen molar-refractivity contribution >= 4 is 5.91 Å². The van der Waals surface area contributed by atoms with Gasteiger partial charge in [0, 0.05) is 12.7 Å². The Kier molecular flexibility index (Phi) is 4.86. The quantitative estimate of drug-likeness (QED) is 0.682. The van der Waals surface area contributed by atoms with Gasteiger partial charge in [0.2, 0.25) is 5.91 Å². The van der Waals surface area contributed by atoms with Gasteiger partial charge in [0.05, 0.1) is 24.9 Å². The van der Waals surface area contributed by atoms with Crippen LogP contribution in [0.1, 0.15) is 11.7 Å². The zero-order chi connectivity index (χ0) is 12.8. The second-order valence-electron chi connectivity index (χ2n) is 3.53. The molecule has 1 aliphatic rings. The van der Waals surface area contributed by atoms with Gasteiger partial charge >= 0.3 is 0 Å². The number of nitrogens with two attached hydrogens (primary N) is 1. The molecule has 1 aliphatic heterocycles. The topological polar surface area (TPSA) is 84.4 Å². The summed E-state index contributed by atoms with van der Waals surface area (Å²) >= 11 is 0. The van der Waals surface area contributed by atoms with Gasteiger partial charge in [-0.05, 0) is 19.2 Å².